The first kappa shape index (κ1) is 25.7. The molecule has 0 spiro atoms. The van der Waals surface area contributed by atoms with Crippen LogP contribution in [-0.2, 0) is 24.2 Å². The summed E-state index contributed by atoms with van der Waals surface area (Å²) in [5, 5.41) is 10.9. The van der Waals surface area contributed by atoms with Crippen LogP contribution < -0.4 is 4.74 Å². The number of amides is 2. The molecule has 1 saturated heterocycles. The standard InChI is InChI=1S/C29H36FN3O4/c1-20(34)32-10-6-21(7-11-32)14-22-15-26-28(27(30)16-22)37-13-12-33(29(26)36)19-25(35)18-31-9-8-23-4-2-3-5-24(23)17-31/h2-5,15-16,21,25,35H,6-14,17-19H2,1H3/t25-/m0/s1. The monoisotopic (exact) mass is 509 g/mol. The molecule has 1 atom stereocenters. The molecule has 0 aliphatic carbocycles. The van der Waals surface area contributed by atoms with Gasteiger partial charge in [0.2, 0.25) is 5.91 Å². The van der Waals surface area contributed by atoms with Crippen molar-refractivity contribution in [3.8, 4) is 5.75 Å². The van der Waals surface area contributed by atoms with Gasteiger partial charge in [0.15, 0.2) is 11.6 Å². The van der Waals surface area contributed by atoms with E-state index < -0.39 is 11.9 Å². The molecule has 0 aromatic heterocycles. The maximum absolute atomic E-state index is 15.0. The van der Waals surface area contributed by atoms with Crippen molar-refractivity contribution in [3.63, 3.8) is 0 Å². The molecule has 1 N–H and O–H groups in total. The smallest absolute Gasteiger partial charge is 0.257 e. The van der Waals surface area contributed by atoms with E-state index in [9.17, 15) is 14.7 Å². The minimum atomic E-state index is -0.713. The molecule has 8 heteroatoms. The molecule has 37 heavy (non-hydrogen) atoms. The molecule has 2 aromatic rings. The number of halogens is 1. The largest absolute Gasteiger partial charge is 0.488 e. The Morgan fingerprint density at radius 2 is 1.86 bits per heavy atom. The van der Waals surface area contributed by atoms with Gasteiger partial charge in [0, 0.05) is 46.2 Å². The summed E-state index contributed by atoms with van der Waals surface area (Å²) in [7, 11) is 0. The summed E-state index contributed by atoms with van der Waals surface area (Å²) in [6.07, 6.45) is 2.62. The number of carbonyl (C=O) groups excluding carboxylic acids is 2. The van der Waals surface area contributed by atoms with Crippen LogP contribution >= 0.6 is 0 Å². The Kier molecular flexibility index (Phi) is 7.76. The summed E-state index contributed by atoms with van der Waals surface area (Å²) in [6.45, 7) is 5.79. The van der Waals surface area contributed by atoms with E-state index in [0.29, 0.717) is 38.5 Å². The van der Waals surface area contributed by atoms with Gasteiger partial charge in [0.25, 0.3) is 5.91 Å². The fourth-order valence-corrected chi connectivity index (χ4v) is 5.88. The molecule has 0 unspecified atom stereocenters. The zero-order chi connectivity index (χ0) is 25.9. The second-order valence-corrected chi connectivity index (χ2v) is 10.6. The summed E-state index contributed by atoms with van der Waals surface area (Å²) < 4.78 is 20.7. The molecule has 2 aromatic carbocycles. The highest BCUT2D eigenvalue weighted by Crippen LogP contribution is 2.31. The lowest BCUT2D eigenvalue weighted by atomic mass is 9.89. The number of piperidine rings is 1. The van der Waals surface area contributed by atoms with Gasteiger partial charge in [0.1, 0.15) is 6.61 Å². The predicted molar refractivity (Wildman–Crippen MR) is 138 cm³/mol. The number of nitrogens with zero attached hydrogens (tertiary/aromatic N) is 3. The van der Waals surface area contributed by atoms with Crippen LogP contribution in [0.25, 0.3) is 0 Å². The van der Waals surface area contributed by atoms with Crippen LogP contribution in [0.5, 0.6) is 5.75 Å². The Bertz CT molecular complexity index is 1150. The van der Waals surface area contributed by atoms with Gasteiger partial charge < -0.3 is 19.6 Å². The number of β-amino-alcohol motifs (C(OH)–C–C–N with tert-alkyl or cyclic N) is 1. The fourth-order valence-electron chi connectivity index (χ4n) is 5.88. The fraction of sp³-hybridized carbons (Fsp3) is 0.517. The molecule has 0 bridgehead atoms. The normalized spacial score (nSPS) is 19.6. The molecule has 5 rings (SSSR count). The highest BCUT2D eigenvalue weighted by Gasteiger charge is 2.30. The third-order valence-electron chi connectivity index (χ3n) is 7.92. The van der Waals surface area contributed by atoms with E-state index in [2.05, 4.69) is 23.1 Å². The number of aliphatic hydroxyl groups is 1. The Morgan fingerprint density at radius 1 is 1.11 bits per heavy atom. The first-order valence-corrected chi connectivity index (χ1v) is 13.3. The van der Waals surface area contributed by atoms with E-state index in [-0.39, 0.29) is 36.3 Å². The average molecular weight is 510 g/mol. The zero-order valence-corrected chi connectivity index (χ0v) is 21.5. The van der Waals surface area contributed by atoms with E-state index >= 15 is 4.39 Å². The van der Waals surface area contributed by atoms with Gasteiger partial charge >= 0.3 is 0 Å². The third kappa shape index (κ3) is 5.96. The molecule has 1 fully saturated rings. The van der Waals surface area contributed by atoms with Crippen molar-refractivity contribution in [2.45, 2.75) is 45.3 Å². The van der Waals surface area contributed by atoms with Crippen molar-refractivity contribution >= 4 is 11.8 Å². The van der Waals surface area contributed by atoms with Crippen molar-refractivity contribution in [2.75, 3.05) is 45.9 Å². The van der Waals surface area contributed by atoms with Crippen molar-refractivity contribution in [3.05, 3.63) is 64.5 Å². The van der Waals surface area contributed by atoms with E-state index in [1.165, 1.54) is 17.2 Å². The number of hydrogen-bond acceptors (Lipinski definition) is 5. The van der Waals surface area contributed by atoms with Crippen LogP contribution in [0.3, 0.4) is 0 Å². The maximum atomic E-state index is 15.0. The number of aliphatic hydroxyl groups excluding tert-OH is 1. The van der Waals surface area contributed by atoms with Gasteiger partial charge in [-0.05, 0) is 60.4 Å². The van der Waals surface area contributed by atoms with Crippen LogP contribution in [0.4, 0.5) is 4.39 Å². The molecule has 0 radical (unpaired) electrons. The van der Waals surface area contributed by atoms with Crippen LogP contribution in [0.2, 0.25) is 0 Å². The zero-order valence-electron chi connectivity index (χ0n) is 21.5. The van der Waals surface area contributed by atoms with Gasteiger partial charge in [-0.1, -0.05) is 24.3 Å². The van der Waals surface area contributed by atoms with Gasteiger partial charge in [-0.2, -0.15) is 0 Å². The van der Waals surface area contributed by atoms with Gasteiger partial charge in [0.05, 0.1) is 18.2 Å². The molecule has 3 aliphatic heterocycles. The quantitative estimate of drug-likeness (QED) is 0.649. The van der Waals surface area contributed by atoms with E-state index in [1.54, 1.807) is 17.9 Å². The summed E-state index contributed by atoms with van der Waals surface area (Å²) in [5.41, 5.74) is 3.63. The molecule has 2 amide bonds. The highest BCUT2D eigenvalue weighted by molar-refractivity contribution is 5.97. The molecular weight excluding hydrogens is 473 g/mol. The second-order valence-electron chi connectivity index (χ2n) is 10.6. The minimum Gasteiger partial charge on any atom is -0.488 e. The number of benzene rings is 2. The van der Waals surface area contributed by atoms with Crippen molar-refractivity contribution < 1.29 is 23.8 Å². The summed E-state index contributed by atoms with van der Waals surface area (Å²) in [5.74, 6) is -0.393. The topological polar surface area (TPSA) is 73.3 Å². The Labute approximate surface area is 217 Å². The lowest BCUT2D eigenvalue weighted by Gasteiger charge is -2.32. The van der Waals surface area contributed by atoms with Gasteiger partial charge in [-0.25, -0.2) is 4.39 Å². The molecule has 0 saturated carbocycles. The lowest BCUT2D eigenvalue weighted by molar-refractivity contribution is -0.130. The third-order valence-corrected chi connectivity index (χ3v) is 7.92. The minimum absolute atomic E-state index is 0.00442. The first-order valence-electron chi connectivity index (χ1n) is 13.3. The number of ether oxygens (including phenoxy) is 1. The van der Waals surface area contributed by atoms with Crippen LogP contribution in [0.15, 0.2) is 36.4 Å². The Hall–Kier alpha value is -2.97. The summed E-state index contributed by atoms with van der Waals surface area (Å²) in [4.78, 5) is 30.7. The predicted octanol–water partition coefficient (Wildman–Crippen LogP) is 2.88. The number of likely N-dealkylation sites (tertiary alicyclic amines) is 1. The van der Waals surface area contributed by atoms with Crippen molar-refractivity contribution in [1.82, 2.24) is 14.7 Å². The van der Waals surface area contributed by atoms with Crippen LogP contribution in [0.1, 0.15) is 46.8 Å². The van der Waals surface area contributed by atoms with E-state index in [1.807, 2.05) is 11.0 Å². The molecule has 198 valence electrons. The average Bonchev–Trinajstić information content (AvgIpc) is 3.03. The van der Waals surface area contributed by atoms with Gasteiger partial charge in [-0.3, -0.25) is 14.5 Å². The van der Waals surface area contributed by atoms with Crippen molar-refractivity contribution in [2.24, 2.45) is 5.92 Å². The Balaban J connectivity index is 1.23. The second kappa shape index (κ2) is 11.2. The van der Waals surface area contributed by atoms with Crippen LogP contribution in [0, 0.1) is 11.7 Å². The number of hydrogen-bond donors (Lipinski definition) is 1. The molecule has 3 aliphatic rings. The number of fused-ring (bicyclic) bond motifs is 2. The highest BCUT2D eigenvalue weighted by atomic mass is 19.1. The van der Waals surface area contributed by atoms with E-state index in [4.69, 9.17) is 4.74 Å². The number of carbonyl (C=O) groups is 2. The SMILES string of the molecule is CC(=O)N1CCC(Cc2cc(F)c3c(c2)C(=O)N(C[C@@H](O)CN2CCc4ccccc4C2)CCO3)CC1. The first-order chi connectivity index (χ1) is 17.9. The summed E-state index contributed by atoms with van der Waals surface area (Å²) in [6, 6.07) is 11.6. The molecule has 7 nitrogen and oxygen atoms in total. The number of rotatable bonds is 6. The maximum Gasteiger partial charge on any atom is 0.257 e. The lowest BCUT2D eigenvalue weighted by Crippen LogP contribution is -2.44. The molecular formula is C29H36FN3O4. The molecule has 3 heterocycles. The van der Waals surface area contributed by atoms with Crippen molar-refractivity contribution in [1.29, 1.82) is 0 Å². The Morgan fingerprint density at radius 3 is 2.62 bits per heavy atom. The van der Waals surface area contributed by atoms with E-state index in [0.717, 1.165) is 37.9 Å². The van der Waals surface area contributed by atoms with Gasteiger partial charge in [-0.15, -0.1) is 0 Å². The van der Waals surface area contributed by atoms with Crippen LogP contribution in [-0.4, -0.2) is 83.6 Å². The summed E-state index contributed by atoms with van der Waals surface area (Å²) >= 11 is 0.